The molecule has 0 aliphatic carbocycles. The molecule has 1 fully saturated rings. The van der Waals surface area contributed by atoms with E-state index in [1.807, 2.05) is 0 Å². The molecule has 2 aromatic heterocycles. The average molecular weight is 503 g/mol. The number of piperidine rings is 1. The third kappa shape index (κ3) is 5.18. The second kappa shape index (κ2) is 11.0. The molecular weight excluding hydrogens is 475 g/mol. The Balaban J connectivity index is 1.69. The van der Waals surface area contributed by atoms with Crippen molar-refractivity contribution in [2.75, 3.05) is 20.1 Å². The van der Waals surface area contributed by atoms with Gasteiger partial charge in [0, 0.05) is 37.3 Å². The number of aromatic nitrogens is 3. The molecule has 0 radical (unpaired) electrons. The fraction of sp³-hybridized carbons (Fsp3) is 0.222. The van der Waals surface area contributed by atoms with E-state index in [9.17, 15) is 9.59 Å². The molecule has 0 saturated carbocycles. The van der Waals surface area contributed by atoms with Crippen LogP contribution in [0.4, 0.5) is 4.39 Å². The molecule has 1 aliphatic rings. The lowest BCUT2D eigenvalue weighted by Crippen LogP contribution is -2.40. The predicted molar refractivity (Wildman–Crippen MR) is 139 cm³/mol. The Hall–Kier alpha value is -4.60. The molecule has 37 heavy (non-hydrogen) atoms. The molecule has 1 aliphatic heterocycles. The van der Waals surface area contributed by atoms with Crippen LogP contribution in [0.25, 0.3) is 22.2 Å². The average Bonchev–Trinajstić information content (AvgIpc) is 3.30. The van der Waals surface area contributed by atoms with Crippen LogP contribution in [0, 0.1) is 5.82 Å². The number of fused-ring (bicyclic) bond motifs is 1. The number of halogens is 1. The number of allylic oxidation sites excluding steroid dienone is 2. The fourth-order valence-electron chi connectivity index (χ4n) is 4.42. The zero-order chi connectivity index (χ0) is 26.5. The van der Waals surface area contributed by atoms with E-state index in [4.69, 9.17) is 15.6 Å². The highest BCUT2D eigenvalue weighted by Gasteiger charge is 2.28. The minimum atomic E-state index is -0.727. The third-order valence-corrected chi connectivity index (χ3v) is 6.11. The number of nitrogens with two attached hydrogens (primary N) is 1. The van der Waals surface area contributed by atoms with Crippen molar-refractivity contribution in [3.63, 3.8) is 0 Å². The predicted octanol–water partition coefficient (Wildman–Crippen LogP) is 3.59. The van der Waals surface area contributed by atoms with Crippen LogP contribution in [0.1, 0.15) is 18.9 Å². The molecular formula is C27H27FN6O3. The van der Waals surface area contributed by atoms with Crippen molar-refractivity contribution in [3.8, 4) is 17.0 Å². The Labute approximate surface area is 213 Å². The van der Waals surface area contributed by atoms with Crippen LogP contribution in [0.2, 0.25) is 0 Å². The molecule has 3 aromatic rings. The highest BCUT2D eigenvalue weighted by atomic mass is 19.1. The van der Waals surface area contributed by atoms with Gasteiger partial charge in [0.15, 0.2) is 17.3 Å². The van der Waals surface area contributed by atoms with Crippen molar-refractivity contribution in [2.24, 2.45) is 10.7 Å². The summed E-state index contributed by atoms with van der Waals surface area (Å²) in [7, 11) is 1.44. The van der Waals surface area contributed by atoms with Gasteiger partial charge in [0.25, 0.3) is 5.91 Å². The van der Waals surface area contributed by atoms with Crippen molar-refractivity contribution in [3.05, 3.63) is 79.6 Å². The summed E-state index contributed by atoms with van der Waals surface area (Å²) >= 11 is 0. The first kappa shape index (κ1) is 25.5. The number of primary amides is 1. The minimum absolute atomic E-state index is 0.0216. The number of rotatable bonds is 8. The summed E-state index contributed by atoms with van der Waals surface area (Å²) < 4.78 is 22.5. The third-order valence-electron chi connectivity index (χ3n) is 6.11. The SMILES string of the molecule is C=C/C=C(/Oc1ccc(-c2nn(C3CCCN(C(=O)C=C)C3)c3c(F)cncc23)cc1)C(=NC)C(N)=O. The quantitative estimate of drug-likeness (QED) is 0.219. The van der Waals surface area contributed by atoms with Crippen LogP contribution >= 0.6 is 0 Å². The molecule has 0 bridgehead atoms. The van der Waals surface area contributed by atoms with Crippen molar-refractivity contribution < 1.29 is 18.7 Å². The summed E-state index contributed by atoms with van der Waals surface area (Å²) in [6.07, 6.45) is 8.52. The van der Waals surface area contributed by atoms with E-state index in [-0.39, 0.29) is 23.4 Å². The van der Waals surface area contributed by atoms with E-state index in [1.54, 1.807) is 40.0 Å². The van der Waals surface area contributed by atoms with Gasteiger partial charge in [0.2, 0.25) is 5.91 Å². The number of ether oxygens (including phenoxy) is 1. The smallest absolute Gasteiger partial charge is 0.270 e. The van der Waals surface area contributed by atoms with E-state index in [0.717, 1.165) is 19.0 Å². The van der Waals surface area contributed by atoms with Gasteiger partial charge in [-0.1, -0.05) is 19.2 Å². The monoisotopic (exact) mass is 502 g/mol. The maximum absolute atomic E-state index is 15.0. The number of hydrogen-bond donors (Lipinski definition) is 1. The summed E-state index contributed by atoms with van der Waals surface area (Å²) in [6, 6.07) is 6.76. The minimum Gasteiger partial charge on any atom is -0.455 e. The number of likely N-dealkylation sites (tertiary alicyclic amines) is 1. The molecule has 190 valence electrons. The fourth-order valence-corrected chi connectivity index (χ4v) is 4.42. The largest absolute Gasteiger partial charge is 0.455 e. The number of benzene rings is 1. The van der Waals surface area contributed by atoms with E-state index in [0.29, 0.717) is 41.0 Å². The van der Waals surface area contributed by atoms with Gasteiger partial charge in [0.1, 0.15) is 17.0 Å². The summed E-state index contributed by atoms with van der Waals surface area (Å²) in [5.41, 5.74) is 6.98. The van der Waals surface area contributed by atoms with E-state index >= 15 is 4.39 Å². The number of carbonyl (C=O) groups is 2. The first-order chi connectivity index (χ1) is 17.9. The maximum atomic E-state index is 15.0. The molecule has 9 nitrogen and oxygen atoms in total. The van der Waals surface area contributed by atoms with Crippen LogP contribution in [0.3, 0.4) is 0 Å². The highest BCUT2D eigenvalue weighted by Crippen LogP contribution is 2.34. The van der Waals surface area contributed by atoms with Crippen molar-refractivity contribution in [2.45, 2.75) is 18.9 Å². The maximum Gasteiger partial charge on any atom is 0.270 e. The van der Waals surface area contributed by atoms with Crippen LogP contribution in [0.15, 0.2) is 78.8 Å². The van der Waals surface area contributed by atoms with Gasteiger partial charge >= 0.3 is 0 Å². The highest BCUT2D eigenvalue weighted by molar-refractivity contribution is 6.44. The Bertz CT molecular complexity index is 1420. The standard InChI is InChI=1S/C27H27FN6O3/c1-4-7-22(25(30-3)27(29)36)37-19-11-9-17(10-12-19)24-20-14-31-15-21(28)26(20)34(32-24)18-8-6-13-33(16-18)23(35)5-2/h4-5,7,9-12,14-15,18H,1-2,6,8,13,16H2,3H3,(H2,29,36)/b22-7+,30-25?. The molecule has 2 amide bonds. The molecule has 1 aromatic carbocycles. The van der Waals surface area contributed by atoms with Gasteiger partial charge in [-0.05, 0) is 49.3 Å². The number of hydrogen-bond acceptors (Lipinski definition) is 6. The van der Waals surface area contributed by atoms with E-state index in [2.05, 4.69) is 23.1 Å². The first-order valence-corrected chi connectivity index (χ1v) is 11.7. The molecule has 1 saturated heterocycles. The first-order valence-electron chi connectivity index (χ1n) is 11.7. The Morgan fingerprint density at radius 2 is 2.00 bits per heavy atom. The zero-order valence-electron chi connectivity index (χ0n) is 20.4. The number of nitrogens with zero attached hydrogens (tertiary/aromatic N) is 5. The molecule has 2 N–H and O–H groups in total. The van der Waals surface area contributed by atoms with Gasteiger partial charge < -0.3 is 15.4 Å². The Morgan fingerprint density at radius 3 is 2.65 bits per heavy atom. The van der Waals surface area contributed by atoms with Gasteiger partial charge in [-0.3, -0.25) is 24.2 Å². The van der Waals surface area contributed by atoms with Crippen LogP contribution in [-0.2, 0) is 9.59 Å². The molecule has 3 heterocycles. The van der Waals surface area contributed by atoms with Gasteiger partial charge in [0.05, 0.1) is 12.2 Å². The van der Waals surface area contributed by atoms with E-state index < -0.39 is 11.7 Å². The van der Waals surface area contributed by atoms with Gasteiger partial charge in [-0.25, -0.2) is 4.39 Å². The van der Waals surface area contributed by atoms with Gasteiger partial charge in [-0.15, -0.1) is 0 Å². The Morgan fingerprint density at radius 1 is 1.24 bits per heavy atom. The van der Waals surface area contributed by atoms with Gasteiger partial charge in [-0.2, -0.15) is 5.10 Å². The number of aliphatic imine (C=N–C) groups is 1. The zero-order valence-corrected chi connectivity index (χ0v) is 20.4. The topological polar surface area (TPSA) is 116 Å². The molecule has 0 spiro atoms. The molecule has 1 atom stereocenters. The summed E-state index contributed by atoms with van der Waals surface area (Å²) in [5, 5.41) is 5.33. The summed E-state index contributed by atoms with van der Waals surface area (Å²) in [4.78, 5) is 33.5. The second-order valence-corrected chi connectivity index (χ2v) is 8.42. The summed E-state index contributed by atoms with van der Waals surface area (Å²) in [6.45, 7) is 8.24. The summed E-state index contributed by atoms with van der Waals surface area (Å²) in [5.74, 6) is -0.778. The lowest BCUT2D eigenvalue weighted by atomic mass is 10.1. The van der Waals surface area contributed by atoms with Crippen LogP contribution in [0.5, 0.6) is 5.75 Å². The molecule has 1 unspecified atom stereocenters. The lowest BCUT2D eigenvalue weighted by molar-refractivity contribution is -0.127. The Kier molecular flexibility index (Phi) is 7.57. The molecule has 4 rings (SSSR count). The van der Waals surface area contributed by atoms with Crippen molar-refractivity contribution in [1.82, 2.24) is 19.7 Å². The normalized spacial score (nSPS) is 16.5. The number of amides is 2. The number of carbonyl (C=O) groups excluding carboxylic acids is 2. The second-order valence-electron chi connectivity index (χ2n) is 8.42. The van der Waals surface area contributed by atoms with Crippen LogP contribution in [-0.4, -0.2) is 57.3 Å². The van der Waals surface area contributed by atoms with Crippen LogP contribution < -0.4 is 10.5 Å². The van der Waals surface area contributed by atoms with E-state index in [1.165, 1.54) is 25.3 Å². The van der Waals surface area contributed by atoms with Crippen molar-refractivity contribution in [1.29, 1.82) is 0 Å². The molecule has 10 heteroatoms. The van der Waals surface area contributed by atoms with Crippen molar-refractivity contribution >= 4 is 28.4 Å². The number of pyridine rings is 1. The lowest BCUT2D eigenvalue weighted by Gasteiger charge is -2.32.